The van der Waals surface area contributed by atoms with E-state index in [-0.39, 0.29) is 12.8 Å². The lowest BCUT2D eigenvalue weighted by atomic mass is 10.1. The Morgan fingerprint density at radius 3 is 2.67 bits per heavy atom. The van der Waals surface area contributed by atoms with Crippen LogP contribution in [0.2, 0.25) is 0 Å². The smallest absolute Gasteiger partial charge is 0.319 e. The number of carbonyl (C=O) groups is 1. The molecule has 0 atom stereocenters. The van der Waals surface area contributed by atoms with Gasteiger partial charge in [0.25, 0.3) is 0 Å². The lowest BCUT2D eigenvalue weighted by Gasteiger charge is -2.31. The molecule has 1 fully saturated rings. The largest absolute Gasteiger partial charge is 0.454 e. The molecule has 0 spiro atoms. The van der Waals surface area contributed by atoms with Gasteiger partial charge >= 0.3 is 6.03 Å². The van der Waals surface area contributed by atoms with Crippen LogP contribution in [0.5, 0.6) is 11.5 Å². The third-order valence-corrected chi connectivity index (χ3v) is 7.50. The summed E-state index contributed by atoms with van der Waals surface area (Å²) in [6.45, 7) is 6.94. The fourth-order valence-electron chi connectivity index (χ4n) is 5.08. The Morgan fingerprint density at radius 1 is 1.00 bits per heavy atom. The number of fused-ring (bicyclic) bond motifs is 2. The number of urea groups is 1. The number of likely N-dealkylation sites (N-methyl/N-ethyl adjacent to an activating group) is 2. The normalized spacial score (nSPS) is 14.3. The van der Waals surface area contributed by atoms with Crippen LogP contribution in [0.15, 0.2) is 48.8 Å². The van der Waals surface area contributed by atoms with E-state index in [1.54, 1.807) is 4.90 Å². The molecule has 42 heavy (non-hydrogen) atoms. The zero-order chi connectivity index (χ0) is 29.1. The van der Waals surface area contributed by atoms with Crippen LogP contribution >= 0.6 is 0 Å². The highest BCUT2D eigenvalue weighted by molar-refractivity contribution is 5.84. The minimum absolute atomic E-state index is 0.00498. The first-order valence-electron chi connectivity index (χ1n) is 14.1. The summed E-state index contributed by atoms with van der Waals surface area (Å²) in [6, 6.07) is 14.3. The Kier molecular flexibility index (Phi) is 7.95. The second-order valence-electron chi connectivity index (χ2n) is 10.7. The van der Waals surface area contributed by atoms with Crippen molar-refractivity contribution >= 4 is 29.0 Å². The van der Waals surface area contributed by atoms with Gasteiger partial charge in [0.1, 0.15) is 0 Å². The number of nitrogens with one attached hydrogen (secondary N) is 1. The van der Waals surface area contributed by atoms with Crippen molar-refractivity contribution in [3.8, 4) is 11.5 Å². The van der Waals surface area contributed by atoms with Crippen LogP contribution in [-0.4, -0.2) is 95.6 Å². The molecule has 2 aliphatic rings. The maximum atomic E-state index is 12.9. The minimum Gasteiger partial charge on any atom is -0.454 e. The summed E-state index contributed by atoms with van der Waals surface area (Å²) in [5.41, 5.74) is 4.83. The lowest BCUT2D eigenvalue weighted by Crippen LogP contribution is -2.48. The van der Waals surface area contributed by atoms with Crippen LogP contribution in [0.4, 0.5) is 16.6 Å². The first kappa shape index (κ1) is 27.6. The van der Waals surface area contributed by atoms with Crippen molar-refractivity contribution in [1.29, 1.82) is 0 Å². The Labute approximate surface area is 244 Å². The van der Waals surface area contributed by atoms with E-state index in [2.05, 4.69) is 36.5 Å². The van der Waals surface area contributed by atoms with Gasteiger partial charge in [-0.1, -0.05) is 35.9 Å². The Bertz CT molecular complexity index is 1570. The Balaban J connectivity index is 1.24. The molecule has 12 heteroatoms. The number of morpholine rings is 1. The Morgan fingerprint density at radius 2 is 1.83 bits per heavy atom. The number of amides is 2. The van der Waals surface area contributed by atoms with E-state index in [0.29, 0.717) is 69.8 Å². The fourth-order valence-corrected chi connectivity index (χ4v) is 5.08. The number of carbonyl (C=O) groups excluding carboxylic acids is 1. The molecule has 0 saturated carbocycles. The second-order valence-corrected chi connectivity index (χ2v) is 10.7. The van der Waals surface area contributed by atoms with Crippen LogP contribution in [0, 0.1) is 6.92 Å². The van der Waals surface area contributed by atoms with Crippen molar-refractivity contribution in [1.82, 2.24) is 29.3 Å². The molecule has 2 aromatic heterocycles. The average Bonchev–Trinajstić information content (AvgIpc) is 3.65. The van der Waals surface area contributed by atoms with Crippen molar-refractivity contribution in [2.45, 2.75) is 20.0 Å². The van der Waals surface area contributed by atoms with Crippen LogP contribution in [0.25, 0.3) is 11.2 Å². The minimum atomic E-state index is 0.00498. The van der Waals surface area contributed by atoms with Gasteiger partial charge < -0.3 is 38.8 Å². The molecule has 4 aromatic rings. The van der Waals surface area contributed by atoms with Crippen molar-refractivity contribution in [3.05, 3.63) is 65.5 Å². The second kappa shape index (κ2) is 12.1. The number of nitrogens with zero attached hydrogens (tertiary/aromatic N) is 7. The van der Waals surface area contributed by atoms with E-state index in [9.17, 15) is 4.79 Å². The van der Waals surface area contributed by atoms with E-state index in [1.807, 2.05) is 53.0 Å². The third-order valence-electron chi connectivity index (χ3n) is 7.50. The molecule has 6 rings (SSSR count). The summed E-state index contributed by atoms with van der Waals surface area (Å²) in [6.07, 6.45) is 1.81. The monoisotopic (exact) mass is 572 g/mol. The van der Waals surface area contributed by atoms with Crippen molar-refractivity contribution in [2.24, 2.45) is 0 Å². The number of rotatable bonds is 9. The van der Waals surface area contributed by atoms with Gasteiger partial charge in [0.05, 0.1) is 26.1 Å². The highest BCUT2D eigenvalue weighted by Crippen LogP contribution is 2.33. The molecule has 2 amide bonds. The standard InChI is InChI=1S/C30H36N8O4/c1-21-5-4-6-23(15-21)18-38-19-32-26-27(31-17-22-7-8-24-25(16-22)42-20-41-24)33-29(34-28(26)38)35(2)9-10-36(3)30(39)37-11-13-40-14-12-37/h4-8,15-16,19H,9-14,17-18,20H2,1-3H3,(H,31,33,34). The van der Waals surface area contributed by atoms with Gasteiger partial charge in [-0.2, -0.15) is 9.97 Å². The van der Waals surface area contributed by atoms with E-state index >= 15 is 0 Å². The van der Waals surface area contributed by atoms with Gasteiger partial charge in [-0.15, -0.1) is 0 Å². The van der Waals surface area contributed by atoms with Crippen LogP contribution in [0.1, 0.15) is 16.7 Å². The average molecular weight is 573 g/mol. The number of hydrogen-bond acceptors (Lipinski definition) is 9. The molecular formula is C30H36N8O4. The maximum absolute atomic E-state index is 12.9. The first-order valence-corrected chi connectivity index (χ1v) is 14.1. The van der Waals surface area contributed by atoms with Crippen molar-refractivity contribution in [3.63, 3.8) is 0 Å². The third kappa shape index (κ3) is 6.03. The molecule has 0 unspecified atom stereocenters. The molecule has 2 aromatic carbocycles. The summed E-state index contributed by atoms with van der Waals surface area (Å²) in [7, 11) is 3.77. The van der Waals surface area contributed by atoms with Gasteiger partial charge in [0, 0.05) is 46.8 Å². The molecule has 12 nitrogen and oxygen atoms in total. The SMILES string of the molecule is Cc1cccc(Cn2cnc3c(NCc4ccc5c(c4)OCO5)nc(N(C)CCN(C)C(=O)N4CCOCC4)nc32)c1. The van der Waals surface area contributed by atoms with Crippen molar-refractivity contribution in [2.75, 3.05) is 70.5 Å². The molecule has 2 aliphatic heterocycles. The highest BCUT2D eigenvalue weighted by atomic mass is 16.7. The number of ether oxygens (including phenoxy) is 3. The Hall–Kier alpha value is -4.58. The van der Waals surface area contributed by atoms with E-state index < -0.39 is 0 Å². The fraction of sp³-hybridized carbons (Fsp3) is 0.400. The summed E-state index contributed by atoms with van der Waals surface area (Å²) in [5, 5.41) is 3.47. The number of benzene rings is 2. The van der Waals surface area contributed by atoms with E-state index in [0.717, 1.165) is 22.7 Å². The molecule has 0 radical (unpaired) electrons. The van der Waals surface area contributed by atoms with Gasteiger partial charge in [-0.3, -0.25) is 0 Å². The van der Waals surface area contributed by atoms with Crippen LogP contribution in [-0.2, 0) is 17.8 Å². The highest BCUT2D eigenvalue weighted by Gasteiger charge is 2.22. The number of imidazole rings is 1. The van der Waals surface area contributed by atoms with Gasteiger partial charge in [0.15, 0.2) is 28.5 Å². The number of aromatic nitrogens is 4. The van der Waals surface area contributed by atoms with Crippen LogP contribution < -0.4 is 19.7 Å². The number of anilines is 2. The van der Waals surface area contributed by atoms with Gasteiger partial charge in [-0.25, -0.2) is 9.78 Å². The quantitative estimate of drug-likeness (QED) is 0.323. The van der Waals surface area contributed by atoms with Gasteiger partial charge in [-0.05, 0) is 30.2 Å². The van der Waals surface area contributed by atoms with Gasteiger partial charge in [0.2, 0.25) is 12.7 Å². The van der Waals surface area contributed by atoms with E-state index in [4.69, 9.17) is 29.2 Å². The zero-order valence-corrected chi connectivity index (χ0v) is 24.2. The van der Waals surface area contributed by atoms with Crippen LogP contribution in [0.3, 0.4) is 0 Å². The van der Waals surface area contributed by atoms with Crippen molar-refractivity contribution < 1.29 is 19.0 Å². The summed E-state index contributed by atoms with van der Waals surface area (Å²) >= 11 is 0. The topological polar surface area (TPSA) is 110 Å². The molecular weight excluding hydrogens is 536 g/mol. The number of aryl methyl sites for hydroxylation is 1. The zero-order valence-electron chi connectivity index (χ0n) is 24.2. The summed E-state index contributed by atoms with van der Waals surface area (Å²) < 4.78 is 18.4. The predicted octanol–water partition coefficient (Wildman–Crippen LogP) is 3.34. The maximum Gasteiger partial charge on any atom is 0.319 e. The molecule has 4 heterocycles. The lowest BCUT2D eigenvalue weighted by molar-refractivity contribution is 0.0455. The first-order chi connectivity index (χ1) is 20.4. The van der Waals surface area contributed by atoms with E-state index in [1.165, 1.54) is 11.1 Å². The molecule has 1 saturated heterocycles. The molecule has 0 bridgehead atoms. The summed E-state index contributed by atoms with van der Waals surface area (Å²) in [5.74, 6) is 2.67. The molecule has 0 aliphatic carbocycles. The molecule has 1 N–H and O–H groups in total. The predicted molar refractivity (Wildman–Crippen MR) is 159 cm³/mol. The summed E-state index contributed by atoms with van der Waals surface area (Å²) in [4.78, 5) is 32.9. The number of hydrogen-bond donors (Lipinski definition) is 1. The molecule has 220 valence electrons.